The van der Waals surface area contributed by atoms with Gasteiger partial charge in [0.05, 0.1) is 4.92 Å². The molecule has 0 amide bonds. The number of Topliss-reactive ketones (excluding diaryl/α,β-unsaturated/α-hetero) is 1. The summed E-state index contributed by atoms with van der Waals surface area (Å²) in [7, 11) is 0. The Hall–Kier alpha value is -3.03. The highest BCUT2D eigenvalue weighted by atomic mass is 16.6. The van der Waals surface area contributed by atoms with E-state index in [2.05, 4.69) is 15.4 Å². The molecule has 1 aliphatic rings. The Labute approximate surface area is 125 Å². The maximum Gasteiger partial charge on any atom is 0.269 e. The van der Waals surface area contributed by atoms with Gasteiger partial charge in [-0.1, -0.05) is 0 Å². The number of ketones is 1. The Kier molecular flexibility index (Phi) is 3.21. The molecule has 3 rings (SSSR count). The first-order valence-corrected chi connectivity index (χ1v) is 6.61. The SMILES string of the molecule is CC(=O)C1=C(C)Nc2ncnn2[C@@H]1c1ccc([N+](=O)[O-])cc1. The molecular weight excluding hydrogens is 286 g/mol. The van der Waals surface area contributed by atoms with Crippen LogP contribution >= 0.6 is 0 Å². The van der Waals surface area contributed by atoms with E-state index < -0.39 is 11.0 Å². The van der Waals surface area contributed by atoms with E-state index in [0.29, 0.717) is 17.2 Å². The van der Waals surface area contributed by atoms with E-state index in [9.17, 15) is 14.9 Å². The Morgan fingerprint density at radius 3 is 2.64 bits per heavy atom. The van der Waals surface area contributed by atoms with E-state index in [1.54, 1.807) is 23.7 Å². The zero-order chi connectivity index (χ0) is 15.9. The monoisotopic (exact) mass is 299 g/mol. The summed E-state index contributed by atoms with van der Waals surface area (Å²) in [6, 6.07) is 5.66. The second-order valence-corrected chi connectivity index (χ2v) is 5.00. The lowest BCUT2D eigenvalue weighted by atomic mass is 9.93. The predicted molar refractivity (Wildman–Crippen MR) is 78.3 cm³/mol. The maximum absolute atomic E-state index is 12.0. The number of rotatable bonds is 3. The Morgan fingerprint density at radius 1 is 1.36 bits per heavy atom. The molecule has 0 saturated carbocycles. The molecule has 112 valence electrons. The second kappa shape index (κ2) is 5.06. The normalized spacial score (nSPS) is 16.9. The van der Waals surface area contributed by atoms with E-state index in [-0.39, 0.29) is 11.5 Å². The number of nitro groups is 1. The van der Waals surface area contributed by atoms with E-state index in [0.717, 1.165) is 5.56 Å². The van der Waals surface area contributed by atoms with Crippen molar-refractivity contribution in [2.75, 3.05) is 5.32 Å². The minimum Gasteiger partial charge on any atom is -0.328 e. The zero-order valence-corrected chi connectivity index (χ0v) is 12.0. The number of nitrogens with zero attached hydrogens (tertiary/aromatic N) is 4. The molecule has 0 radical (unpaired) electrons. The van der Waals surface area contributed by atoms with Gasteiger partial charge in [0, 0.05) is 23.4 Å². The molecule has 0 aliphatic carbocycles. The quantitative estimate of drug-likeness (QED) is 0.687. The average molecular weight is 299 g/mol. The highest BCUT2D eigenvalue weighted by Gasteiger charge is 2.31. The smallest absolute Gasteiger partial charge is 0.269 e. The van der Waals surface area contributed by atoms with Crippen LogP contribution in [0.25, 0.3) is 0 Å². The number of aromatic nitrogens is 3. The van der Waals surface area contributed by atoms with Crippen molar-refractivity contribution in [3.63, 3.8) is 0 Å². The van der Waals surface area contributed by atoms with Crippen molar-refractivity contribution in [2.45, 2.75) is 19.9 Å². The van der Waals surface area contributed by atoms with Gasteiger partial charge in [-0.3, -0.25) is 14.9 Å². The number of fused-ring (bicyclic) bond motifs is 1. The lowest BCUT2D eigenvalue weighted by Gasteiger charge is -2.28. The topological polar surface area (TPSA) is 103 Å². The molecular formula is C14H13N5O3. The number of hydrogen-bond acceptors (Lipinski definition) is 6. The van der Waals surface area contributed by atoms with Crippen LogP contribution in [0.1, 0.15) is 25.5 Å². The number of allylic oxidation sites excluding steroid dienone is 2. The van der Waals surface area contributed by atoms with Crippen molar-refractivity contribution < 1.29 is 9.72 Å². The molecule has 1 aliphatic heterocycles. The minimum atomic E-state index is -0.458. The molecule has 0 bridgehead atoms. The van der Waals surface area contributed by atoms with E-state index >= 15 is 0 Å². The van der Waals surface area contributed by atoms with Gasteiger partial charge in [-0.15, -0.1) is 0 Å². The van der Waals surface area contributed by atoms with Gasteiger partial charge in [-0.05, 0) is 31.5 Å². The minimum absolute atomic E-state index is 0.00146. The molecule has 8 nitrogen and oxygen atoms in total. The Balaban J connectivity index is 2.14. The van der Waals surface area contributed by atoms with Crippen molar-refractivity contribution in [1.29, 1.82) is 0 Å². The fourth-order valence-corrected chi connectivity index (χ4v) is 2.63. The van der Waals surface area contributed by atoms with Crippen LogP contribution in [-0.2, 0) is 4.79 Å². The van der Waals surface area contributed by atoms with Crippen molar-refractivity contribution in [2.24, 2.45) is 0 Å². The van der Waals surface area contributed by atoms with Gasteiger partial charge in [-0.25, -0.2) is 4.68 Å². The van der Waals surface area contributed by atoms with Gasteiger partial charge in [-0.2, -0.15) is 10.1 Å². The fraction of sp³-hybridized carbons (Fsp3) is 0.214. The first kappa shape index (κ1) is 13.9. The van der Waals surface area contributed by atoms with Crippen molar-refractivity contribution in [3.8, 4) is 0 Å². The number of carbonyl (C=O) groups excluding carboxylic acids is 1. The highest BCUT2D eigenvalue weighted by molar-refractivity contribution is 5.96. The van der Waals surface area contributed by atoms with Crippen LogP contribution in [0.4, 0.5) is 11.6 Å². The number of nitrogens with one attached hydrogen (secondary N) is 1. The predicted octanol–water partition coefficient (Wildman–Crippen LogP) is 2.06. The van der Waals surface area contributed by atoms with Crippen LogP contribution in [0.3, 0.4) is 0 Å². The molecule has 1 aromatic carbocycles. The van der Waals surface area contributed by atoms with Crippen molar-refractivity contribution in [3.05, 3.63) is 57.5 Å². The first-order chi connectivity index (χ1) is 10.5. The molecule has 2 aromatic rings. The molecule has 2 heterocycles. The van der Waals surface area contributed by atoms with Crippen LogP contribution in [-0.4, -0.2) is 25.5 Å². The Morgan fingerprint density at radius 2 is 2.05 bits per heavy atom. The second-order valence-electron chi connectivity index (χ2n) is 5.00. The third-order valence-electron chi connectivity index (χ3n) is 3.59. The van der Waals surface area contributed by atoms with Crippen LogP contribution in [0.15, 0.2) is 41.9 Å². The standard InChI is InChI=1S/C14H13N5O3/c1-8-12(9(2)20)13(18-14(17-8)15-7-16-18)10-3-5-11(6-4-10)19(21)22/h3-7,13H,1-2H3,(H,15,16,17)/t13-/m1/s1. The van der Waals surface area contributed by atoms with Gasteiger partial charge >= 0.3 is 0 Å². The zero-order valence-electron chi connectivity index (χ0n) is 12.0. The number of nitro benzene ring substituents is 1. The molecule has 0 saturated heterocycles. The number of non-ortho nitro benzene ring substituents is 1. The maximum atomic E-state index is 12.0. The van der Waals surface area contributed by atoms with Gasteiger partial charge in [0.1, 0.15) is 12.4 Å². The largest absolute Gasteiger partial charge is 0.328 e. The van der Waals surface area contributed by atoms with Gasteiger partial charge in [0.15, 0.2) is 5.78 Å². The van der Waals surface area contributed by atoms with Gasteiger partial charge in [0.2, 0.25) is 5.95 Å². The Bertz CT molecular complexity index is 791. The fourth-order valence-electron chi connectivity index (χ4n) is 2.63. The molecule has 1 aromatic heterocycles. The van der Waals surface area contributed by atoms with Crippen LogP contribution in [0, 0.1) is 10.1 Å². The summed E-state index contributed by atoms with van der Waals surface area (Å²) in [6.45, 7) is 3.29. The number of carbonyl (C=O) groups is 1. The summed E-state index contributed by atoms with van der Waals surface area (Å²) in [5.41, 5.74) is 2.01. The summed E-state index contributed by atoms with van der Waals surface area (Å²) in [4.78, 5) is 26.5. The van der Waals surface area contributed by atoms with E-state index in [4.69, 9.17) is 0 Å². The molecule has 0 spiro atoms. The molecule has 1 N–H and O–H groups in total. The summed E-state index contributed by atoms with van der Waals surface area (Å²) >= 11 is 0. The van der Waals surface area contributed by atoms with Crippen LogP contribution in [0.2, 0.25) is 0 Å². The van der Waals surface area contributed by atoms with Gasteiger partial charge in [0.25, 0.3) is 5.69 Å². The summed E-state index contributed by atoms with van der Waals surface area (Å²) in [5, 5.41) is 18.0. The summed E-state index contributed by atoms with van der Waals surface area (Å²) in [5.74, 6) is 0.445. The molecule has 22 heavy (non-hydrogen) atoms. The third-order valence-corrected chi connectivity index (χ3v) is 3.59. The van der Waals surface area contributed by atoms with Crippen molar-refractivity contribution in [1.82, 2.24) is 14.8 Å². The molecule has 0 unspecified atom stereocenters. The number of benzene rings is 1. The van der Waals surface area contributed by atoms with Crippen LogP contribution in [0.5, 0.6) is 0 Å². The van der Waals surface area contributed by atoms with E-state index in [1.165, 1.54) is 25.4 Å². The van der Waals surface area contributed by atoms with Crippen molar-refractivity contribution >= 4 is 17.4 Å². The number of hydrogen-bond donors (Lipinski definition) is 1. The average Bonchev–Trinajstić information content (AvgIpc) is 2.93. The van der Waals surface area contributed by atoms with Gasteiger partial charge < -0.3 is 5.32 Å². The highest BCUT2D eigenvalue weighted by Crippen LogP contribution is 2.35. The molecule has 1 atom stereocenters. The summed E-state index contributed by atoms with van der Waals surface area (Å²) < 4.78 is 1.60. The summed E-state index contributed by atoms with van der Waals surface area (Å²) in [6.07, 6.45) is 1.40. The van der Waals surface area contributed by atoms with Crippen LogP contribution < -0.4 is 5.32 Å². The third kappa shape index (κ3) is 2.14. The molecule has 0 fully saturated rings. The number of anilines is 1. The first-order valence-electron chi connectivity index (χ1n) is 6.61. The lowest BCUT2D eigenvalue weighted by Crippen LogP contribution is -2.27. The lowest BCUT2D eigenvalue weighted by molar-refractivity contribution is -0.384. The molecule has 8 heteroatoms. The van der Waals surface area contributed by atoms with E-state index in [1.807, 2.05) is 0 Å².